The van der Waals surface area contributed by atoms with E-state index >= 15 is 0 Å². The molecule has 1 aromatic rings. The normalized spacial score (nSPS) is 23.8. The zero-order valence-electron chi connectivity index (χ0n) is 12.0. The highest BCUT2D eigenvalue weighted by molar-refractivity contribution is 5.24. The van der Waals surface area contributed by atoms with E-state index in [1.165, 1.54) is 17.7 Å². The van der Waals surface area contributed by atoms with Gasteiger partial charge in [-0.15, -0.1) is 0 Å². The lowest BCUT2D eigenvalue weighted by Gasteiger charge is -2.12. The van der Waals surface area contributed by atoms with Crippen LogP contribution in [0, 0.1) is 13.8 Å². The predicted octanol–water partition coefficient (Wildman–Crippen LogP) is 2.18. The molecule has 0 spiro atoms. The van der Waals surface area contributed by atoms with Crippen LogP contribution in [0.5, 0.6) is 0 Å². The van der Waals surface area contributed by atoms with E-state index in [-0.39, 0.29) is 0 Å². The number of rotatable bonds is 5. The second-order valence-electron chi connectivity index (χ2n) is 5.26. The molecule has 2 atom stereocenters. The van der Waals surface area contributed by atoms with Gasteiger partial charge in [0.2, 0.25) is 0 Å². The van der Waals surface area contributed by atoms with Gasteiger partial charge in [-0.3, -0.25) is 4.68 Å². The summed E-state index contributed by atoms with van der Waals surface area (Å²) in [5.74, 6) is 0. The number of hydrogen-bond acceptors (Lipinski definition) is 3. The molecule has 0 saturated carbocycles. The summed E-state index contributed by atoms with van der Waals surface area (Å²) in [7, 11) is 0. The molecule has 2 unspecified atom stereocenters. The molecule has 0 aliphatic carbocycles. The fourth-order valence-electron chi connectivity index (χ4n) is 2.63. The Labute approximate surface area is 110 Å². The summed E-state index contributed by atoms with van der Waals surface area (Å²) >= 11 is 0. The van der Waals surface area contributed by atoms with Crippen LogP contribution in [0.15, 0.2) is 0 Å². The molecule has 1 aliphatic rings. The first-order chi connectivity index (χ1) is 8.61. The summed E-state index contributed by atoms with van der Waals surface area (Å²) in [5.41, 5.74) is 3.75. The van der Waals surface area contributed by atoms with E-state index < -0.39 is 0 Å². The zero-order chi connectivity index (χ0) is 13.1. The Morgan fingerprint density at radius 2 is 2.17 bits per heavy atom. The van der Waals surface area contributed by atoms with E-state index in [0.29, 0.717) is 12.2 Å². The van der Waals surface area contributed by atoms with E-state index in [1.807, 2.05) is 0 Å². The Kier molecular flexibility index (Phi) is 4.40. The average Bonchev–Trinajstić information content (AvgIpc) is 2.84. The van der Waals surface area contributed by atoms with Crippen molar-refractivity contribution in [3.63, 3.8) is 0 Å². The molecule has 0 amide bonds. The standard InChI is InChI=1S/C14H25N3O/c1-5-15-8-14-11(3)16-17(12(14)4)9-13-7-6-10(2)18-13/h10,13,15H,5-9H2,1-4H3. The molecule has 2 heterocycles. The molecule has 1 aromatic heterocycles. The van der Waals surface area contributed by atoms with E-state index in [0.717, 1.165) is 31.7 Å². The van der Waals surface area contributed by atoms with E-state index in [1.54, 1.807) is 0 Å². The molecular formula is C14H25N3O. The highest BCUT2D eigenvalue weighted by atomic mass is 16.5. The molecule has 4 heteroatoms. The van der Waals surface area contributed by atoms with Gasteiger partial charge in [-0.25, -0.2) is 0 Å². The molecule has 0 aromatic carbocycles. The first-order valence-corrected chi connectivity index (χ1v) is 7.00. The van der Waals surface area contributed by atoms with Gasteiger partial charge in [0.05, 0.1) is 24.4 Å². The largest absolute Gasteiger partial charge is 0.373 e. The van der Waals surface area contributed by atoms with Crippen molar-refractivity contribution < 1.29 is 4.74 Å². The number of nitrogens with one attached hydrogen (secondary N) is 1. The Balaban J connectivity index is 2.04. The maximum Gasteiger partial charge on any atom is 0.0775 e. The molecule has 0 bridgehead atoms. The van der Waals surface area contributed by atoms with Crippen LogP contribution in [0.4, 0.5) is 0 Å². The highest BCUT2D eigenvalue weighted by Crippen LogP contribution is 2.22. The Morgan fingerprint density at radius 3 is 2.78 bits per heavy atom. The number of aryl methyl sites for hydroxylation is 1. The molecule has 102 valence electrons. The van der Waals surface area contributed by atoms with Gasteiger partial charge < -0.3 is 10.1 Å². The van der Waals surface area contributed by atoms with Gasteiger partial charge in [-0.05, 0) is 40.2 Å². The average molecular weight is 251 g/mol. The molecular weight excluding hydrogens is 226 g/mol. The van der Waals surface area contributed by atoms with Crippen LogP contribution in [-0.2, 0) is 17.8 Å². The lowest BCUT2D eigenvalue weighted by atomic mass is 10.2. The van der Waals surface area contributed by atoms with Crippen molar-refractivity contribution in [2.24, 2.45) is 0 Å². The van der Waals surface area contributed by atoms with Gasteiger partial charge in [-0.2, -0.15) is 5.10 Å². The monoisotopic (exact) mass is 251 g/mol. The van der Waals surface area contributed by atoms with Gasteiger partial charge in [0.15, 0.2) is 0 Å². The number of aromatic nitrogens is 2. The molecule has 1 aliphatic heterocycles. The minimum Gasteiger partial charge on any atom is -0.373 e. The maximum absolute atomic E-state index is 5.87. The van der Waals surface area contributed by atoms with Crippen molar-refractivity contribution >= 4 is 0 Å². The quantitative estimate of drug-likeness (QED) is 0.872. The molecule has 1 saturated heterocycles. The fraction of sp³-hybridized carbons (Fsp3) is 0.786. The van der Waals surface area contributed by atoms with Gasteiger partial charge in [0.1, 0.15) is 0 Å². The fourth-order valence-corrected chi connectivity index (χ4v) is 2.63. The third-order valence-corrected chi connectivity index (χ3v) is 3.78. The van der Waals surface area contributed by atoms with Crippen molar-refractivity contribution in [1.82, 2.24) is 15.1 Å². The first-order valence-electron chi connectivity index (χ1n) is 7.00. The summed E-state index contributed by atoms with van der Waals surface area (Å²) < 4.78 is 7.99. The molecule has 4 nitrogen and oxygen atoms in total. The van der Waals surface area contributed by atoms with Crippen LogP contribution in [0.2, 0.25) is 0 Å². The van der Waals surface area contributed by atoms with Gasteiger partial charge >= 0.3 is 0 Å². The predicted molar refractivity (Wildman–Crippen MR) is 72.7 cm³/mol. The van der Waals surface area contributed by atoms with Crippen molar-refractivity contribution in [1.29, 1.82) is 0 Å². The summed E-state index contributed by atoms with van der Waals surface area (Å²) in [6.45, 7) is 11.3. The smallest absolute Gasteiger partial charge is 0.0775 e. The van der Waals surface area contributed by atoms with Gasteiger partial charge in [-0.1, -0.05) is 6.92 Å². The van der Waals surface area contributed by atoms with Crippen molar-refractivity contribution in [2.45, 2.75) is 65.8 Å². The van der Waals surface area contributed by atoms with E-state index in [9.17, 15) is 0 Å². The van der Waals surface area contributed by atoms with Gasteiger partial charge in [0.25, 0.3) is 0 Å². The van der Waals surface area contributed by atoms with Crippen molar-refractivity contribution in [3.05, 3.63) is 17.0 Å². The molecule has 1 N–H and O–H groups in total. The van der Waals surface area contributed by atoms with Crippen LogP contribution >= 0.6 is 0 Å². The summed E-state index contributed by atoms with van der Waals surface area (Å²) in [4.78, 5) is 0. The van der Waals surface area contributed by atoms with Crippen LogP contribution in [0.3, 0.4) is 0 Å². The molecule has 2 rings (SSSR count). The van der Waals surface area contributed by atoms with Crippen molar-refractivity contribution in [2.75, 3.05) is 6.54 Å². The first kappa shape index (κ1) is 13.6. The van der Waals surface area contributed by atoms with Crippen LogP contribution in [-0.4, -0.2) is 28.5 Å². The minimum absolute atomic E-state index is 0.338. The lowest BCUT2D eigenvalue weighted by molar-refractivity contribution is 0.0433. The molecule has 1 fully saturated rings. The second-order valence-corrected chi connectivity index (χ2v) is 5.26. The second kappa shape index (κ2) is 5.85. The van der Waals surface area contributed by atoms with E-state index in [2.05, 4.69) is 42.8 Å². The third-order valence-electron chi connectivity index (χ3n) is 3.78. The van der Waals surface area contributed by atoms with E-state index in [4.69, 9.17) is 4.74 Å². The Morgan fingerprint density at radius 1 is 1.39 bits per heavy atom. The van der Waals surface area contributed by atoms with Crippen LogP contribution in [0.1, 0.15) is 43.6 Å². The number of nitrogens with zero attached hydrogens (tertiary/aromatic N) is 2. The molecule has 0 radical (unpaired) electrons. The third kappa shape index (κ3) is 2.93. The summed E-state index contributed by atoms with van der Waals surface area (Å²) in [6, 6.07) is 0. The summed E-state index contributed by atoms with van der Waals surface area (Å²) in [5, 5.41) is 8.02. The number of hydrogen-bond donors (Lipinski definition) is 1. The topological polar surface area (TPSA) is 39.1 Å². The highest BCUT2D eigenvalue weighted by Gasteiger charge is 2.23. The van der Waals surface area contributed by atoms with Crippen LogP contribution in [0.25, 0.3) is 0 Å². The maximum atomic E-state index is 5.87. The molecule has 18 heavy (non-hydrogen) atoms. The SMILES string of the molecule is CCNCc1c(C)nn(CC2CCC(C)O2)c1C. The van der Waals surface area contributed by atoms with Crippen molar-refractivity contribution in [3.8, 4) is 0 Å². The summed E-state index contributed by atoms with van der Waals surface area (Å²) in [6.07, 6.45) is 3.08. The Hall–Kier alpha value is -0.870. The zero-order valence-corrected chi connectivity index (χ0v) is 12.0. The van der Waals surface area contributed by atoms with Gasteiger partial charge in [0, 0.05) is 17.8 Å². The minimum atomic E-state index is 0.338. The lowest BCUT2D eigenvalue weighted by Crippen LogP contribution is -2.19. The Bertz CT molecular complexity index is 400. The number of ether oxygens (including phenoxy) is 1. The van der Waals surface area contributed by atoms with Crippen LogP contribution < -0.4 is 5.32 Å².